The molecule has 0 radical (unpaired) electrons. The summed E-state index contributed by atoms with van der Waals surface area (Å²) in [5.74, 6) is 0.384. The summed E-state index contributed by atoms with van der Waals surface area (Å²) in [6.45, 7) is 3.57. The van der Waals surface area contributed by atoms with Gasteiger partial charge in [0, 0.05) is 32.0 Å². The van der Waals surface area contributed by atoms with Crippen LogP contribution in [0.1, 0.15) is 25.3 Å². The molecule has 12 nitrogen and oxygen atoms in total. The molecule has 204 valence electrons. The van der Waals surface area contributed by atoms with Gasteiger partial charge < -0.3 is 26.2 Å². The fourth-order valence-corrected chi connectivity index (χ4v) is 4.87. The predicted octanol–water partition coefficient (Wildman–Crippen LogP) is 1.72. The number of hydrogen-bond donors (Lipinski definition) is 3. The number of likely N-dealkylation sites (N-methyl/N-ethyl adjacent to an activating group) is 1. The number of carbonyl (C=O) groups excluding carboxylic acids is 3. The number of benzene rings is 1. The van der Waals surface area contributed by atoms with Crippen LogP contribution in [0.5, 0.6) is 0 Å². The first kappa shape index (κ1) is 27.5. The number of likely N-dealkylation sites (tertiary alicyclic amines) is 1. The van der Waals surface area contributed by atoms with E-state index in [1.165, 1.54) is 10.9 Å². The van der Waals surface area contributed by atoms with E-state index in [0.29, 0.717) is 42.2 Å². The molecule has 2 aromatic heterocycles. The first-order valence-corrected chi connectivity index (χ1v) is 12.9. The van der Waals surface area contributed by atoms with Crippen LogP contribution in [0.3, 0.4) is 0 Å². The van der Waals surface area contributed by atoms with Gasteiger partial charge in [-0.2, -0.15) is 5.26 Å². The van der Waals surface area contributed by atoms with E-state index in [0.717, 1.165) is 18.4 Å². The second-order valence-corrected chi connectivity index (χ2v) is 9.68. The van der Waals surface area contributed by atoms with Crippen molar-refractivity contribution in [3.8, 4) is 6.07 Å². The topological polar surface area (TPSA) is 162 Å². The Morgan fingerprint density at radius 1 is 1.21 bits per heavy atom. The number of nitriles is 1. The number of piperidine rings is 1. The number of anilines is 2. The molecule has 12 heteroatoms. The van der Waals surface area contributed by atoms with Crippen molar-refractivity contribution < 1.29 is 14.4 Å². The molecule has 3 heterocycles. The van der Waals surface area contributed by atoms with Gasteiger partial charge in [-0.15, -0.1) is 0 Å². The monoisotopic (exact) mass is 531 g/mol. The molecule has 1 saturated heterocycles. The van der Waals surface area contributed by atoms with E-state index in [1.807, 2.05) is 30.1 Å². The Morgan fingerprint density at radius 3 is 2.69 bits per heavy atom. The average molecular weight is 532 g/mol. The summed E-state index contributed by atoms with van der Waals surface area (Å²) in [5, 5.41) is 15.0. The maximum Gasteiger partial charge on any atom is 0.327 e. The Kier molecular flexibility index (Phi) is 8.73. The lowest BCUT2D eigenvalue weighted by molar-refractivity contribution is -0.131. The molecule has 1 fully saturated rings. The van der Waals surface area contributed by atoms with Crippen LogP contribution in [0.2, 0.25) is 0 Å². The van der Waals surface area contributed by atoms with Gasteiger partial charge in [-0.05, 0) is 49.1 Å². The lowest BCUT2D eigenvalue weighted by Crippen LogP contribution is -2.52. The van der Waals surface area contributed by atoms with E-state index in [-0.39, 0.29) is 36.7 Å². The maximum atomic E-state index is 12.9. The standard InChI is InChI=1S/C27H33N9O3/c1-18-9-13-35(24(38)8-12-29)16-22(18)34(2)25-21-10-14-36(26(21)32-17-31-25)27(39)30-15-23(37)33-20-5-3-19(4-6-20)7-11-28/h3-6,10,14,17-18,22H,7-9,11,13,15-16,28H2,1-2H3,(H,30,39)(H,33,37)/t18-,22+/m1/s1. The van der Waals surface area contributed by atoms with Crippen molar-refractivity contribution in [2.24, 2.45) is 11.7 Å². The number of nitrogens with two attached hydrogens (primary N) is 1. The molecular formula is C27H33N9O3. The molecule has 0 spiro atoms. The second-order valence-electron chi connectivity index (χ2n) is 9.68. The third-order valence-corrected chi connectivity index (χ3v) is 7.08. The van der Waals surface area contributed by atoms with Crippen LogP contribution in [0, 0.1) is 17.2 Å². The van der Waals surface area contributed by atoms with Crippen molar-refractivity contribution in [1.29, 1.82) is 5.26 Å². The van der Waals surface area contributed by atoms with E-state index in [4.69, 9.17) is 11.0 Å². The van der Waals surface area contributed by atoms with Crippen LogP contribution in [-0.2, 0) is 16.0 Å². The van der Waals surface area contributed by atoms with Crippen LogP contribution in [0.4, 0.5) is 16.3 Å². The third kappa shape index (κ3) is 6.32. The fraction of sp³-hybridized carbons (Fsp3) is 0.407. The second kappa shape index (κ2) is 12.4. The molecule has 0 aliphatic carbocycles. The van der Waals surface area contributed by atoms with Crippen LogP contribution < -0.4 is 21.3 Å². The summed E-state index contributed by atoms with van der Waals surface area (Å²) >= 11 is 0. The lowest BCUT2D eigenvalue weighted by atomic mass is 9.92. The molecule has 4 N–H and O–H groups in total. The molecule has 2 atom stereocenters. The van der Waals surface area contributed by atoms with Crippen LogP contribution >= 0.6 is 0 Å². The summed E-state index contributed by atoms with van der Waals surface area (Å²) in [4.78, 5) is 50.2. The Hall–Kier alpha value is -4.50. The van der Waals surface area contributed by atoms with Gasteiger partial charge in [-0.3, -0.25) is 14.2 Å². The lowest BCUT2D eigenvalue weighted by Gasteiger charge is -2.42. The Balaban J connectivity index is 1.43. The quantitative estimate of drug-likeness (QED) is 0.396. The zero-order chi connectivity index (χ0) is 27.9. The Morgan fingerprint density at radius 2 is 1.97 bits per heavy atom. The highest BCUT2D eigenvalue weighted by Crippen LogP contribution is 2.29. The highest BCUT2D eigenvalue weighted by atomic mass is 16.2. The summed E-state index contributed by atoms with van der Waals surface area (Å²) in [6.07, 6.45) is 4.41. The zero-order valence-electron chi connectivity index (χ0n) is 22.1. The number of amides is 3. The Labute approximate surface area is 226 Å². The normalized spacial score (nSPS) is 16.9. The molecule has 1 aromatic carbocycles. The number of nitrogens with one attached hydrogen (secondary N) is 2. The summed E-state index contributed by atoms with van der Waals surface area (Å²) in [5.41, 5.74) is 7.68. The predicted molar refractivity (Wildman–Crippen MR) is 147 cm³/mol. The summed E-state index contributed by atoms with van der Waals surface area (Å²) in [7, 11) is 1.91. The van der Waals surface area contributed by atoms with Gasteiger partial charge in [0.25, 0.3) is 0 Å². The first-order chi connectivity index (χ1) is 18.8. The third-order valence-electron chi connectivity index (χ3n) is 7.08. The van der Waals surface area contributed by atoms with E-state index < -0.39 is 6.03 Å². The number of rotatable bonds is 8. The van der Waals surface area contributed by atoms with Gasteiger partial charge in [-0.1, -0.05) is 19.1 Å². The first-order valence-electron chi connectivity index (χ1n) is 12.9. The van der Waals surface area contributed by atoms with Crippen molar-refractivity contribution in [3.05, 3.63) is 48.4 Å². The van der Waals surface area contributed by atoms with Crippen LogP contribution in [-0.4, -0.2) is 76.5 Å². The van der Waals surface area contributed by atoms with Gasteiger partial charge in [0.15, 0.2) is 5.65 Å². The highest BCUT2D eigenvalue weighted by Gasteiger charge is 2.33. The van der Waals surface area contributed by atoms with Crippen molar-refractivity contribution in [2.45, 2.75) is 32.2 Å². The van der Waals surface area contributed by atoms with E-state index in [2.05, 4.69) is 27.5 Å². The Bertz CT molecular complexity index is 1380. The molecule has 1 aliphatic rings. The van der Waals surface area contributed by atoms with Crippen LogP contribution in [0.25, 0.3) is 11.0 Å². The van der Waals surface area contributed by atoms with Crippen molar-refractivity contribution in [3.63, 3.8) is 0 Å². The molecular weight excluding hydrogens is 498 g/mol. The van der Waals surface area contributed by atoms with Gasteiger partial charge in [0.05, 0.1) is 24.0 Å². The smallest absolute Gasteiger partial charge is 0.327 e. The fourth-order valence-electron chi connectivity index (χ4n) is 4.87. The zero-order valence-corrected chi connectivity index (χ0v) is 22.1. The number of nitrogens with zero attached hydrogens (tertiary/aromatic N) is 6. The molecule has 39 heavy (non-hydrogen) atoms. The van der Waals surface area contributed by atoms with E-state index in [1.54, 1.807) is 29.3 Å². The van der Waals surface area contributed by atoms with Gasteiger partial charge in [-0.25, -0.2) is 14.8 Å². The average Bonchev–Trinajstić information content (AvgIpc) is 3.37. The van der Waals surface area contributed by atoms with Gasteiger partial charge >= 0.3 is 6.03 Å². The molecule has 0 unspecified atom stereocenters. The molecule has 1 aliphatic heterocycles. The number of carbonyl (C=O) groups is 3. The van der Waals surface area contributed by atoms with Crippen molar-refractivity contribution >= 4 is 40.4 Å². The van der Waals surface area contributed by atoms with E-state index in [9.17, 15) is 14.4 Å². The van der Waals surface area contributed by atoms with E-state index >= 15 is 0 Å². The summed E-state index contributed by atoms with van der Waals surface area (Å²) < 4.78 is 1.34. The number of fused-ring (bicyclic) bond motifs is 1. The minimum absolute atomic E-state index is 0.0234. The minimum Gasteiger partial charge on any atom is -0.354 e. The van der Waals surface area contributed by atoms with Crippen LogP contribution in [0.15, 0.2) is 42.9 Å². The summed E-state index contributed by atoms with van der Waals surface area (Å²) in [6, 6.07) is 10.6. The van der Waals surface area contributed by atoms with Gasteiger partial charge in [0.1, 0.15) is 18.6 Å². The van der Waals surface area contributed by atoms with Crippen molar-refractivity contribution in [2.75, 3.05) is 43.4 Å². The highest BCUT2D eigenvalue weighted by molar-refractivity contribution is 5.98. The molecule has 4 rings (SSSR count). The van der Waals surface area contributed by atoms with Gasteiger partial charge in [0.2, 0.25) is 11.8 Å². The minimum atomic E-state index is -0.495. The van der Waals surface area contributed by atoms with Crippen molar-refractivity contribution in [1.82, 2.24) is 24.8 Å². The number of aromatic nitrogens is 3. The SMILES string of the molecule is C[C@@H]1CCN(C(=O)CC#N)C[C@@H]1N(C)c1ncnc2c1ccn2C(=O)NCC(=O)Nc1ccc(CCN)cc1. The number of hydrogen-bond acceptors (Lipinski definition) is 8. The molecule has 0 saturated carbocycles. The largest absolute Gasteiger partial charge is 0.354 e. The maximum absolute atomic E-state index is 12.9. The molecule has 3 amide bonds. The molecule has 3 aromatic rings. The molecule has 0 bridgehead atoms.